The van der Waals surface area contributed by atoms with E-state index in [4.69, 9.17) is 10.5 Å². The number of hydrogen-bond acceptors (Lipinski definition) is 2. The van der Waals surface area contributed by atoms with Gasteiger partial charge in [0.1, 0.15) is 0 Å². The third-order valence-electron chi connectivity index (χ3n) is 3.35. The van der Waals surface area contributed by atoms with Gasteiger partial charge < -0.3 is 10.5 Å². The number of halogens is 1. The van der Waals surface area contributed by atoms with Crippen molar-refractivity contribution in [3.8, 4) is 5.75 Å². The van der Waals surface area contributed by atoms with Crippen LogP contribution in [-0.4, -0.2) is 12.6 Å². The second-order valence-electron chi connectivity index (χ2n) is 5.09. The van der Waals surface area contributed by atoms with Gasteiger partial charge in [0, 0.05) is 6.04 Å². The van der Waals surface area contributed by atoms with Crippen molar-refractivity contribution in [1.82, 2.24) is 0 Å². The first-order valence-electron chi connectivity index (χ1n) is 7.45. The van der Waals surface area contributed by atoms with Crippen molar-refractivity contribution in [3.05, 3.63) is 42.2 Å². The average molecular weight is 279 g/mol. The van der Waals surface area contributed by atoms with Gasteiger partial charge in [0.05, 0.1) is 6.61 Å². The summed E-state index contributed by atoms with van der Waals surface area (Å²) >= 11 is 0. The summed E-state index contributed by atoms with van der Waals surface area (Å²) in [5, 5.41) is 0. The second kappa shape index (κ2) is 9.54. The van der Waals surface area contributed by atoms with E-state index in [2.05, 4.69) is 6.58 Å². The van der Waals surface area contributed by atoms with Crippen LogP contribution in [0, 0.1) is 5.82 Å². The van der Waals surface area contributed by atoms with Gasteiger partial charge in [0.2, 0.25) is 0 Å². The average Bonchev–Trinajstić information content (AvgIpc) is 2.45. The standard InChI is InChI=1S/C17H26FNO/c1-3-5-6-7-8-12-20-17-14(13-15(19)4-2)10-9-11-16(17)18/h3,9-11,15H,1,4-8,12-13,19H2,2H3. The molecule has 0 aliphatic rings. The molecule has 0 aliphatic heterocycles. The van der Waals surface area contributed by atoms with E-state index in [-0.39, 0.29) is 11.9 Å². The highest BCUT2D eigenvalue weighted by Crippen LogP contribution is 2.24. The van der Waals surface area contributed by atoms with Crippen LogP contribution in [0.1, 0.15) is 44.6 Å². The summed E-state index contributed by atoms with van der Waals surface area (Å²) in [7, 11) is 0. The quantitative estimate of drug-likeness (QED) is 0.514. The fourth-order valence-corrected chi connectivity index (χ4v) is 2.04. The molecule has 0 bridgehead atoms. The summed E-state index contributed by atoms with van der Waals surface area (Å²) in [5.74, 6) is 0.0806. The van der Waals surface area contributed by atoms with Crippen molar-refractivity contribution in [3.63, 3.8) is 0 Å². The molecule has 20 heavy (non-hydrogen) atoms. The minimum atomic E-state index is -0.295. The predicted octanol–water partition coefficient (Wildman–Crippen LogP) is 4.23. The van der Waals surface area contributed by atoms with Crippen LogP contribution in [0.2, 0.25) is 0 Å². The molecule has 3 heteroatoms. The van der Waals surface area contributed by atoms with Gasteiger partial charge in [0.15, 0.2) is 11.6 Å². The van der Waals surface area contributed by atoms with Gasteiger partial charge in [-0.1, -0.05) is 25.1 Å². The molecule has 2 nitrogen and oxygen atoms in total. The Morgan fingerprint density at radius 1 is 1.35 bits per heavy atom. The molecule has 1 aromatic carbocycles. The van der Waals surface area contributed by atoms with Gasteiger partial charge in [-0.2, -0.15) is 0 Å². The molecule has 1 unspecified atom stereocenters. The largest absolute Gasteiger partial charge is 0.490 e. The minimum absolute atomic E-state index is 0.0479. The number of unbranched alkanes of at least 4 members (excludes halogenated alkanes) is 3. The van der Waals surface area contributed by atoms with Gasteiger partial charge in [0.25, 0.3) is 0 Å². The van der Waals surface area contributed by atoms with Gasteiger partial charge in [-0.05, 0) is 50.2 Å². The lowest BCUT2D eigenvalue weighted by Gasteiger charge is -2.15. The maximum atomic E-state index is 13.9. The van der Waals surface area contributed by atoms with E-state index in [9.17, 15) is 4.39 Å². The van der Waals surface area contributed by atoms with Crippen LogP contribution in [0.25, 0.3) is 0 Å². The second-order valence-corrected chi connectivity index (χ2v) is 5.09. The van der Waals surface area contributed by atoms with Crippen LogP contribution in [0.15, 0.2) is 30.9 Å². The van der Waals surface area contributed by atoms with Crippen LogP contribution in [0.4, 0.5) is 4.39 Å². The third kappa shape index (κ3) is 5.74. The van der Waals surface area contributed by atoms with E-state index < -0.39 is 0 Å². The maximum absolute atomic E-state index is 13.9. The zero-order valence-corrected chi connectivity index (χ0v) is 12.4. The number of rotatable bonds is 10. The summed E-state index contributed by atoms with van der Waals surface area (Å²) in [5.41, 5.74) is 6.81. The van der Waals surface area contributed by atoms with Crippen LogP contribution >= 0.6 is 0 Å². The fourth-order valence-electron chi connectivity index (χ4n) is 2.04. The van der Waals surface area contributed by atoms with E-state index in [0.29, 0.717) is 18.8 Å². The Morgan fingerprint density at radius 2 is 2.15 bits per heavy atom. The lowest BCUT2D eigenvalue weighted by Crippen LogP contribution is -2.22. The monoisotopic (exact) mass is 279 g/mol. The number of nitrogens with two attached hydrogens (primary N) is 1. The molecule has 0 amide bonds. The smallest absolute Gasteiger partial charge is 0.165 e. The molecule has 0 aliphatic carbocycles. The number of para-hydroxylation sites is 1. The van der Waals surface area contributed by atoms with E-state index in [0.717, 1.165) is 37.7 Å². The molecule has 0 heterocycles. The number of hydrogen-bond donors (Lipinski definition) is 1. The SMILES string of the molecule is C=CCCCCCOc1c(F)cccc1CC(N)CC. The molecule has 0 saturated carbocycles. The van der Waals surface area contributed by atoms with Gasteiger partial charge in [-0.3, -0.25) is 0 Å². The predicted molar refractivity (Wildman–Crippen MR) is 82.5 cm³/mol. The molecule has 1 atom stereocenters. The molecular formula is C17H26FNO. The molecule has 1 aromatic rings. The highest BCUT2D eigenvalue weighted by atomic mass is 19.1. The Morgan fingerprint density at radius 3 is 2.85 bits per heavy atom. The zero-order chi connectivity index (χ0) is 14.8. The van der Waals surface area contributed by atoms with E-state index in [1.165, 1.54) is 6.07 Å². The van der Waals surface area contributed by atoms with Crippen molar-refractivity contribution in [2.45, 2.75) is 51.5 Å². The van der Waals surface area contributed by atoms with Crippen molar-refractivity contribution < 1.29 is 9.13 Å². The number of ether oxygens (including phenoxy) is 1. The van der Waals surface area contributed by atoms with Gasteiger partial charge >= 0.3 is 0 Å². The molecule has 0 aromatic heterocycles. The Bertz CT molecular complexity index is 406. The molecule has 0 radical (unpaired) electrons. The van der Waals surface area contributed by atoms with E-state index in [1.807, 2.05) is 19.1 Å². The summed E-state index contributed by atoms with van der Waals surface area (Å²) < 4.78 is 19.5. The summed E-state index contributed by atoms with van der Waals surface area (Å²) in [6, 6.07) is 5.09. The Hall–Kier alpha value is -1.35. The molecule has 112 valence electrons. The number of allylic oxidation sites excluding steroid dienone is 1. The Balaban J connectivity index is 2.52. The molecule has 0 spiro atoms. The van der Waals surface area contributed by atoms with E-state index in [1.54, 1.807) is 6.07 Å². The molecule has 0 fully saturated rings. The first kappa shape index (κ1) is 16.7. The molecular weight excluding hydrogens is 253 g/mol. The number of benzene rings is 1. The Labute approximate surface area is 121 Å². The zero-order valence-electron chi connectivity index (χ0n) is 12.4. The lowest BCUT2D eigenvalue weighted by molar-refractivity contribution is 0.287. The molecule has 1 rings (SSSR count). The van der Waals surface area contributed by atoms with Gasteiger partial charge in [-0.25, -0.2) is 4.39 Å². The van der Waals surface area contributed by atoms with Crippen molar-refractivity contribution in [2.24, 2.45) is 5.73 Å². The fraction of sp³-hybridized carbons (Fsp3) is 0.529. The lowest BCUT2D eigenvalue weighted by atomic mass is 10.0. The minimum Gasteiger partial charge on any atom is -0.490 e. The van der Waals surface area contributed by atoms with Crippen molar-refractivity contribution in [1.29, 1.82) is 0 Å². The topological polar surface area (TPSA) is 35.2 Å². The first-order valence-corrected chi connectivity index (χ1v) is 7.45. The van der Waals surface area contributed by atoms with Crippen LogP contribution in [-0.2, 0) is 6.42 Å². The normalized spacial score (nSPS) is 12.2. The van der Waals surface area contributed by atoms with Gasteiger partial charge in [-0.15, -0.1) is 6.58 Å². The molecule has 0 saturated heterocycles. The Kier molecular flexibility index (Phi) is 7.97. The van der Waals surface area contributed by atoms with E-state index >= 15 is 0 Å². The van der Waals surface area contributed by atoms with Crippen LogP contribution < -0.4 is 10.5 Å². The van der Waals surface area contributed by atoms with Crippen molar-refractivity contribution >= 4 is 0 Å². The summed E-state index contributed by atoms with van der Waals surface area (Å²) in [6.07, 6.45) is 7.58. The van der Waals surface area contributed by atoms with Crippen LogP contribution in [0.5, 0.6) is 5.75 Å². The third-order valence-corrected chi connectivity index (χ3v) is 3.35. The molecule has 2 N–H and O–H groups in total. The highest BCUT2D eigenvalue weighted by Gasteiger charge is 2.12. The summed E-state index contributed by atoms with van der Waals surface area (Å²) in [4.78, 5) is 0. The maximum Gasteiger partial charge on any atom is 0.165 e. The highest BCUT2D eigenvalue weighted by molar-refractivity contribution is 5.35. The van der Waals surface area contributed by atoms with Crippen LogP contribution in [0.3, 0.4) is 0 Å². The summed E-state index contributed by atoms with van der Waals surface area (Å²) in [6.45, 7) is 6.27. The first-order chi connectivity index (χ1) is 9.69. The van der Waals surface area contributed by atoms with Crippen molar-refractivity contribution in [2.75, 3.05) is 6.61 Å².